The second kappa shape index (κ2) is 88.8. The van der Waals surface area contributed by atoms with Gasteiger partial charge in [-0.15, -0.1) is 0 Å². The van der Waals surface area contributed by atoms with Crippen LogP contribution in [-0.4, -0.2) is 11.0 Å². The van der Waals surface area contributed by atoms with E-state index in [1.54, 1.807) is 0 Å². The minimum atomic E-state index is 0. The van der Waals surface area contributed by atoms with Crippen molar-refractivity contribution < 1.29 is 30.3 Å². The average Bonchev–Trinajstić information content (AvgIpc) is 1.00. The van der Waals surface area contributed by atoms with Gasteiger partial charge in [0, 0.05) is 0 Å². The topological polar surface area (TPSA) is 63.0 Å². The Morgan fingerprint density at radius 1 is 1.00 bits per heavy atom. The van der Waals surface area contributed by atoms with Crippen molar-refractivity contribution in [3.63, 3.8) is 0 Å². The molecule has 34 valence electrons. The van der Waals surface area contributed by atoms with Gasteiger partial charge in [0.2, 0.25) is 0 Å². The van der Waals surface area contributed by atoms with Crippen molar-refractivity contribution in [2.75, 3.05) is 0 Å². The van der Waals surface area contributed by atoms with Gasteiger partial charge in [0.1, 0.15) is 0 Å². The summed E-state index contributed by atoms with van der Waals surface area (Å²) in [6, 6.07) is 0. The number of hydrogen-bond acceptors (Lipinski definition) is 0. The molecule has 0 rings (SSSR count). The van der Waals surface area contributed by atoms with Crippen LogP contribution >= 0.6 is 9.30 Å². The van der Waals surface area contributed by atoms with Crippen LogP contribution in [0.4, 0.5) is 0 Å². The van der Waals surface area contributed by atoms with Crippen molar-refractivity contribution in [2.45, 2.75) is 0 Å². The van der Waals surface area contributed by atoms with Crippen molar-refractivity contribution >= 4 is 9.30 Å². The van der Waals surface area contributed by atoms with Crippen molar-refractivity contribution in [2.24, 2.45) is 0 Å². The molecule has 0 aromatic carbocycles. The molecule has 0 fully saturated rings. The van der Waals surface area contributed by atoms with Crippen LogP contribution in [0.1, 0.15) is 0 Å². The number of halogens is 1. The van der Waals surface area contributed by atoms with Gasteiger partial charge >= 0.3 is 28.7 Å². The second-order valence-corrected chi connectivity index (χ2v) is 0. The summed E-state index contributed by atoms with van der Waals surface area (Å²) in [6.07, 6.45) is 0. The van der Waals surface area contributed by atoms with Crippen molar-refractivity contribution in [1.29, 1.82) is 0 Å². The van der Waals surface area contributed by atoms with Crippen LogP contribution in [0.25, 0.3) is 0 Å². The van der Waals surface area contributed by atoms with Crippen LogP contribution < -0.4 is 0 Å². The van der Waals surface area contributed by atoms with Gasteiger partial charge in [-0.3, -0.25) is 0 Å². The average molecular weight is 134 g/mol. The van der Waals surface area contributed by atoms with E-state index in [1.165, 1.54) is 19.4 Å². The van der Waals surface area contributed by atoms with E-state index in [1.807, 2.05) is 0 Å². The zero-order valence-corrected chi connectivity index (χ0v) is 5.20. The van der Waals surface area contributed by atoms with Crippen LogP contribution in [0.3, 0.4) is 0 Å². The molecule has 0 amide bonds. The fourth-order valence-corrected chi connectivity index (χ4v) is 0. The van der Waals surface area contributed by atoms with Crippen molar-refractivity contribution in [3.05, 3.63) is 7.43 Å². The van der Waals surface area contributed by atoms with Gasteiger partial charge in [0.15, 0.2) is 0 Å². The summed E-state index contributed by atoms with van der Waals surface area (Å²) in [7, 11) is 4.64. The molecule has 0 heterocycles. The van der Waals surface area contributed by atoms with E-state index in [-0.39, 0.29) is 18.4 Å². The van der Waals surface area contributed by atoms with E-state index >= 15 is 0 Å². The van der Waals surface area contributed by atoms with E-state index in [0.717, 1.165) is 0 Å². The molecule has 0 spiro atoms. The molecule has 0 saturated heterocycles. The third kappa shape index (κ3) is 49.3. The predicted molar refractivity (Wildman–Crippen MR) is 19.5 cm³/mol. The summed E-state index contributed by atoms with van der Waals surface area (Å²) < 4.78 is 0. The molecule has 0 aliphatic heterocycles. The molecular weight excluding hydrogens is 127 g/mol. The fourth-order valence-electron chi connectivity index (χ4n) is 0. The first-order valence-corrected chi connectivity index (χ1v) is 2.34. The van der Waals surface area contributed by atoms with Crippen LogP contribution in [0.5, 0.6) is 0 Å². The maximum atomic E-state index is 4.64. The molecule has 0 aliphatic rings. The molecule has 0 aromatic heterocycles. The van der Waals surface area contributed by atoms with Gasteiger partial charge in [-0.25, -0.2) is 0 Å². The Morgan fingerprint density at radius 3 is 1.00 bits per heavy atom. The summed E-state index contributed by atoms with van der Waals surface area (Å²) >= 11 is 1.47. The first-order chi connectivity index (χ1) is 1.00. The van der Waals surface area contributed by atoms with Gasteiger partial charge in [-0.2, -0.15) is 0 Å². The summed E-state index contributed by atoms with van der Waals surface area (Å²) in [4.78, 5) is 0. The van der Waals surface area contributed by atoms with E-state index in [9.17, 15) is 0 Å². The Bertz CT molecular complexity index is 9.61. The molecule has 2 nitrogen and oxygen atoms in total. The molecule has 0 saturated carbocycles. The van der Waals surface area contributed by atoms with E-state index in [0.29, 0.717) is 0 Å². The van der Waals surface area contributed by atoms with Gasteiger partial charge < -0.3 is 18.4 Å². The molecule has 0 aliphatic carbocycles. The van der Waals surface area contributed by atoms with Crippen LogP contribution in [0.15, 0.2) is 0 Å². The number of rotatable bonds is 0. The first kappa shape index (κ1) is 38.8. The fraction of sp³-hybridized carbons (Fsp3) is 0. The minimum absolute atomic E-state index is 0. The van der Waals surface area contributed by atoms with Gasteiger partial charge in [-0.1, -0.05) is 0 Å². The summed E-state index contributed by atoms with van der Waals surface area (Å²) in [6.45, 7) is 0. The Kier molecular flexibility index (Phi) is 689. The summed E-state index contributed by atoms with van der Waals surface area (Å²) in [5.41, 5.74) is 0. The summed E-state index contributed by atoms with van der Waals surface area (Å²) in [5, 5.41) is 0. The maximum absolute atomic E-state index is 4.64. The first-order valence-electron chi connectivity index (χ1n) is 0.189. The van der Waals surface area contributed by atoms with E-state index in [2.05, 4.69) is 9.30 Å². The Hall–Kier alpha value is 0.924. The molecule has 0 bridgehead atoms. The normalized spacial score (nSPS) is 0.800. The SMILES string of the molecule is O.O.[CH3-].[Cl][Ti+]. The molecule has 0 atom stereocenters. The molecular formula is CH7ClO2Ti. The van der Waals surface area contributed by atoms with Crippen LogP contribution in [-0.2, 0) is 19.4 Å². The van der Waals surface area contributed by atoms with Crippen molar-refractivity contribution in [3.8, 4) is 0 Å². The van der Waals surface area contributed by atoms with Crippen LogP contribution in [0.2, 0.25) is 0 Å². The molecule has 4 heteroatoms. The third-order valence-corrected chi connectivity index (χ3v) is 0. The standard InChI is InChI=1S/CH3.ClH.2H2O.Ti/h1H3;1H;2*1H2;/q-1;;;;+2/p-1. The van der Waals surface area contributed by atoms with Gasteiger partial charge in [0.25, 0.3) is 0 Å². The van der Waals surface area contributed by atoms with E-state index < -0.39 is 0 Å². The zero-order chi connectivity index (χ0) is 2.00. The second-order valence-electron chi connectivity index (χ2n) is 0. The zero-order valence-electron chi connectivity index (χ0n) is 2.88. The molecule has 5 heavy (non-hydrogen) atoms. The molecule has 4 N–H and O–H groups in total. The van der Waals surface area contributed by atoms with Gasteiger partial charge in [0.05, 0.1) is 0 Å². The molecule has 0 radical (unpaired) electrons. The Labute approximate surface area is 47.4 Å². The Balaban J connectivity index is -0.00000000167. The predicted octanol–water partition coefficient (Wildman–Crippen LogP) is -0.512. The monoisotopic (exact) mass is 134 g/mol. The third-order valence-electron chi connectivity index (χ3n) is 0. The molecule has 0 unspecified atom stereocenters. The van der Waals surface area contributed by atoms with Gasteiger partial charge in [-0.05, 0) is 0 Å². The summed E-state index contributed by atoms with van der Waals surface area (Å²) in [5.74, 6) is 0. The quantitative estimate of drug-likeness (QED) is 0.316. The Morgan fingerprint density at radius 2 is 1.00 bits per heavy atom. The van der Waals surface area contributed by atoms with Crippen LogP contribution in [0, 0.1) is 7.43 Å². The van der Waals surface area contributed by atoms with Crippen molar-refractivity contribution in [1.82, 2.24) is 0 Å². The molecule has 0 aromatic rings. The number of hydrogen-bond donors (Lipinski definition) is 0. The van der Waals surface area contributed by atoms with E-state index in [4.69, 9.17) is 0 Å².